The summed E-state index contributed by atoms with van der Waals surface area (Å²) in [6.45, 7) is 0.976. The number of rotatable bonds is 3. The molecule has 0 aliphatic heterocycles. The van der Waals surface area contributed by atoms with Crippen molar-refractivity contribution in [2.24, 2.45) is 0 Å². The molecule has 1 N–H and O–H groups in total. The molecule has 0 heterocycles. The number of esters is 1. The molecule has 0 spiro atoms. The number of hydrogen-bond acceptors (Lipinski definition) is 4. The van der Waals surface area contributed by atoms with Gasteiger partial charge < -0.3 is 9.84 Å². The van der Waals surface area contributed by atoms with Gasteiger partial charge in [0.05, 0.1) is 0 Å². The highest BCUT2D eigenvalue weighted by Crippen LogP contribution is 2.10. The van der Waals surface area contributed by atoms with Gasteiger partial charge in [-0.3, -0.25) is 9.59 Å². The Hall–Kier alpha value is -1.84. The van der Waals surface area contributed by atoms with Crippen LogP contribution in [0.5, 0.6) is 5.75 Å². The Morgan fingerprint density at radius 3 is 2.36 bits per heavy atom. The van der Waals surface area contributed by atoms with Gasteiger partial charge in [0.2, 0.25) is 0 Å². The van der Waals surface area contributed by atoms with Crippen molar-refractivity contribution in [3.63, 3.8) is 0 Å². The Balaban J connectivity index is 2.61. The van der Waals surface area contributed by atoms with Gasteiger partial charge in [0, 0.05) is 12.5 Å². The number of benzene rings is 1. The highest BCUT2D eigenvalue weighted by atomic mass is 16.5. The van der Waals surface area contributed by atoms with E-state index in [9.17, 15) is 9.59 Å². The summed E-state index contributed by atoms with van der Waals surface area (Å²) in [5.41, 5.74) is 0.407. The molecule has 0 saturated heterocycles. The van der Waals surface area contributed by atoms with Gasteiger partial charge in [0.25, 0.3) is 0 Å². The summed E-state index contributed by atoms with van der Waals surface area (Å²) < 4.78 is 4.54. The average Bonchev–Trinajstić information content (AvgIpc) is 2.15. The molecule has 0 aliphatic carbocycles. The van der Waals surface area contributed by atoms with Crippen LogP contribution in [0.1, 0.15) is 17.3 Å². The van der Waals surface area contributed by atoms with E-state index in [1.54, 1.807) is 0 Å². The molecule has 0 aromatic heterocycles. The van der Waals surface area contributed by atoms with Crippen LogP contribution in [0.4, 0.5) is 0 Å². The third kappa shape index (κ3) is 2.90. The highest BCUT2D eigenvalue weighted by Gasteiger charge is 2.06. The first-order chi connectivity index (χ1) is 6.59. The number of ether oxygens (including phenoxy) is 1. The summed E-state index contributed by atoms with van der Waals surface area (Å²) in [5, 5.41) is 8.96. The van der Waals surface area contributed by atoms with Crippen molar-refractivity contribution < 1.29 is 19.4 Å². The molecule has 1 aromatic rings. The summed E-state index contributed by atoms with van der Waals surface area (Å²) in [6.07, 6.45) is 0. The van der Waals surface area contributed by atoms with E-state index in [4.69, 9.17) is 5.11 Å². The molecule has 4 nitrogen and oxygen atoms in total. The van der Waals surface area contributed by atoms with Crippen molar-refractivity contribution in [3.05, 3.63) is 29.8 Å². The molecule has 0 amide bonds. The lowest BCUT2D eigenvalue weighted by atomic mass is 10.1. The van der Waals surface area contributed by atoms with Crippen LogP contribution in [-0.4, -0.2) is 23.5 Å². The van der Waals surface area contributed by atoms with E-state index in [2.05, 4.69) is 4.74 Å². The third-order valence-electron chi connectivity index (χ3n) is 1.60. The molecule has 0 aliphatic rings. The fourth-order valence-electron chi connectivity index (χ4n) is 0.898. The summed E-state index contributed by atoms with van der Waals surface area (Å²) in [5.74, 6) is -0.689. The number of Topliss-reactive ketones (excluding diaryl/α,β-unsaturated/α-hetero) is 1. The molecule has 1 aromatic carbocycles. The van der Waals surface area contributed by atoms with Crippen molar-refractivity contribution >= 4 is 11.8 Å². The van der Waals surface area contributed by atoms with Crippen molar-refractivity contribution in [2.75, 3.05) is 6.61 Å². The Morgan fingerprint density at radius 1 is 1.29 bits per heavy atom. The first kappa shape index (κ1) is 10.2. The second kappa shape index (κ2) is 4.41. The van der Waals surface area contributed by atoms with E-state index in [0.717, 1.165) is 0 Å². The average molecular weight is 194 g/mol. The van der Waals surface area contributed by atoms with Gasteiger partial charge in [0.1, 0.15) is 5.75 Å². The Bertz CT molecular complexity index is 340. The molecule has 0 saturated carbocycles. The van der Waals surface area contributed by atoms with Gasteiger partial charge in [-0.15, -0.1) is 0 Å². The lowest BCUT2D eigenvalue weighted by Crippen LogP contribution is -2.11. The first-order valence-electron chi connectivity index (χ1n) is 4.05. The number of carbonyl (C=O) groups is 2. The van der Waals surface area contributed by atoms with Crippen molar-refractivity contribution in [3.8, 4) is 5.75 Å². The summed E-state index contributed by atoms with van der Waals surface area (Å²) in [6, 6.07) is 5.75. The zero-order chi connectivity index (χ0) is 10.6. The molecule has 4 heteroatoms. The van der Waals surface area contributed by atoms with Crippen LogP contribution in [0.3, 0.4) is 0 Å². The van der Waals surface area contributed by atoms with Crippen molar-refractivity contribution in [1.29, 1.82) is 0 Å². The molecule has 14 heavy (non-hydrogen) atoms. The molecule has 0 unspecified atom stereocenters. The molecule has 0 radical (unpaired) electrons. The maximum atomic E-state index is 11.3. The number of carbonyl (C=O) groups excluding carboxylic acids is 2. The Labute approximate surface area is 81.1 Å². The van der Waals surface area contributed by atoms with Gasteiger partial charge in [-0.2, -0.15) is 0 Å². The maximum Gasteiger partial charge on any atom is 0.303 e. The van der Waals surface area contributed by atoms with E-state index >= 15 is 0 Å². The molecule has 0 fully saturated rings. The second-order valence-electron chi connectivity index (χ2n) is 2.75. The fourth-order valence-corrected chi connectivity index (χ4v) is 0.898. The Morgan fingerprint density at radius 2 is 1.86 bits per heavy atom. The topological polar surface area (TPSA) is 63.6 Å². The van der Waals surface area contributed by atoms with Crippen molar-refractivity contribution in [1.82, 2.24) is 0 Å². The monoisotopic (exact) mass is 194 g/mol. The first-order valence-corrected chi connectivity index (χ1v) is 4.05. The minimum Gasteiger partial charge on any atom is -0.508 e. The number of hydrogen-bond donors (Lipinski definition) is 1. The fraction of sp³-hybridized carbons (Fsp3) is 0.200. The number of phenolic OH excluding ortho intramolecular Hbond substituents is 1. The number of aromatic hydroxyl groups is 1. The molecule has 74 valence electrons. The van der Waals surface area contributed by atoms with E-state index in [-0.39, 0.29) is 18.1 Å². The lowest BCUT2D eigenvalue weighted by molar-refractivity contribution is -0.139. The minimum absolute atomic E-state index is 0.0917. The molecular formula is C10H10O4. The standard InChI is InChI=1S/C10H10O4/c1-7(11)14-6-10(13)8-2-4-9(12)5-3-8/h2-5,12H,6H2,1H3. The molecule has 1 rings (SSSR count). The van der Waals surface area contributed by atoms with Crippen LogP contribution >= 0.6 is 0 Å². The van der Waals surface area contributed by atoms with Crippen LogP contribution in [0, 0.1) is 0 Å². The predicted molar refractivity (Wildman–Crippen MR) is 49.1 cm³/mol. The van der Waals surface area contributed by atoms with Gasteiger partial charge in [-0.25, -0.2) is 0 Å². The maximum absolute atomic E-state index is 11.3. The molecule has 0 bridgehead atoms. The van der Waals surface area contributed by atoms with Crippen LogP contribution < -0.4 is 0 Å². The smallest absolute Gasteiger partial charge is 0.303 e. The van der Waals surface area contributed by atoms with Gasteiger partial charge >= 0.3 is 5.97 Å². The summed E-state index contributed by atoms with van der Waals surface area (Å²) in [7, 11) is 0. The lowest BCUT2D eigenvalue weighted by Gasteiger charge is -2.01. The predicted octanol–water partition coefficient (Wildman–Crippen LogP) is 1.14. The third-order valence-corrected chi connectivity index (χ3v) is 1.60. The zero-order valence-corrected chi connectivity index (χ0v) is 7.69. The van der Waals surface area contributed by atoms with Gasteiger partial charge in [-0.05, 0) is 24.3 Å². The summed E-state index contributed by atoms with van der Waals surface area (Å²) in [4.78, 5) is 21.7. The normalized spacial score (nSPS) is 9.50. The van der Waals surface area contributed by atoms with Gasteiger partial charge in [-0.1, -0.05) is 0 Å². The Kier molecular flexibility index (Phi) is 3.23. The minimum atomic E-state index is -0.489. The largest absolute Gasteiger partial charge is 0.508 e. The van der Waals surface area contributed by atoms with Crippen LogP contribution in [0.25, 0.3) is 0 Å². The zero-order valence-electron chi connectivity index (χ0n) is 7.69. The van der Waals surface area contributed by atoms with Crippen molar-refractivity contribution in [2.45, 2.75) is 6.92 Å². The highest BCUT2D eigenvalue weighted by molar-refractivity contribution is 5.97. The van der Waals surface area contributed by atoms with Crippen LogP contribution in [0.2, 0.25) is 0 Å². The van der Waals surface area contributed by atoms with Crippen LogP contribution in [-0.2, 0) is 9.53 Å². The van der Waals surface area contributed by atoms with E-state index in [1.807, 2.05) is 0 Å². The van der Waals surface area contributed by atoms with E-state index < -0.39 is 5.97 Å². The van der Waals surface area contributed by atoms with E-state index in [1.165, 1.54) is 31.2 Å². The quantitative estimate of drug-likeness (QED) is 0.578. The SMILES string of the molecule is CC(=O)OCC(=O)c1ccc(O)cc1. The number of ketones is 1. The number of phenols is 1. The van der Waals surface area contributed by atoms with Gasteiger partial charge in [0.15, 0.2) is 12.4 Å². The van der Waals surface area contributed by atoms with Crippen LogP contribution in [0.15, 0.2) is 24.3 Å². The second-order valence-corrected chi connectivity index (χ2v) is 2.75. The summed E-state index contributed by atoms with van der Waals surface area (Å²) >= 11 is 0. The molecule has 0 atom stereocenters. The molecular weight excluding hydrogens is 184 g/mol. The van der Waals surface area contributed by atoms with E-state index in [0.29, 0.717) is 5.56 Å².